The molecule has 0 radical (unpaired) electrons. The summed E-state index contributed by atoms with van der Waals surface area (Å²) in [5.74, 6) is 0.491. The molecule has 1 atom stereocenters. The van der Waals surface area contributed by atoms with Gasteiger partial charge in [0.05, 0.1) is 0 Å². The molecule has 0 saturated heterocycles. The third kappa shape index (κ3) is 6.12. The number of aryl methyl sites for hydroxylation is 2. The highest BCUT2D eigenvalue weighted by Crippen LogP contribution is 2.52. The first-order chi connectivity index (χ1) is 25.2. The summed E-state index contributed by atoms with van der Waals surface area (Å²) in [6.45, 7) is 20.6. The van der Waals surface area contributed by atoms with Gasteiger partial charge in [-0.15, -0.1) is 11.3 Å². The predicted molar refractivity (Wildman–Crippen MR) is 234 cm³/mol. The van der Waals surface area contributed by atoms with Gasteiger partial charge in [-0.2, -0.15) is 0 Å². The van der Waals surface area contributed by atoms with Crippen LogP contribution in [-0.2, 0) is 0 Å². The lowest BCUT2D eigenvalue weighted by Crippen LogP contribution is -2.11. The molecular weight excluding hydrogens is 645 g/mol. The molecule has 0 spiro atoms. The van der Waals surface area contributed by atoms with Crippen LogP contribution in [-0.4, -0.2) is 0 Å². The molecule has 264 valence electrons. The van der Waals surface area contributed by atoms with Gasteiger partial charge in [0.2, 0.25) is 0 Å². The Morgan fingerprint density at radius 3 is 2.04 bits per heavy atom. The Bertz CT molecular complexity index is 2400. The van der Waals surface area contributed by atoms with Gasteiger partial charge in [0, 0.05) is 20.5 Å². The van der Waals surface area contributed by atoms with Gasteiger partial charge in [0.25, 0.3) is 0 Å². The first-order valence-corrected chi connectivity index (χ1v) is 20.2. The molecule has 0 N–H and O–H groups in total. The van der Waals surface area contributed by atoms with E-state index in [1.165, 1.54) is 109 Å². The minimum Gasteiger partial charge on any atom is -0.135 e. The topological polar surface area (TPSA) is 0 Å². The summed E-state index contributed by atoms with van der Waals surface area (Å²) in [5.41, 5.74) is 18.5. The largest absolute Gasteiger partial charge is 0.135 e. The van der Waals surface area contributed by atoms with Gasteiger partial charge >= 0.3 is 0 Å². The lowest BCUT2D eigenvalue weighted by Gasteiger charge is -2.30. The molecule has 4 aromatic carbocycles. The fraction of sp³-hybridized carbons (Fsp3) is 0.294. The van der Waals surface area contributed by atoms with Gasteiger partial charge in [-0.05, 0) is 176 Å². The normalized spacial score (nSPS) is 16.6. The van der Waals surface area contributed by atoms with Gasteiger partial charge in [0.15, 0.2) is 0 Å². The van der Waals surface area contributed by atoms with Crippen molar-refractivity contribution in [2.75, 3.05) is 0 Å². The maximum Gasteiger partial charge on any atom is 0.0393 e. The average Bonchev–Trinajstić information content (AvgIpc) is 3.57. The summed E-state index contributed by atoms with van der Waals surface area (Å²) in [6.07, 6.45) is 24.2. The molecule has 5 aromatic rings. The summed E-state index contributed by atoms with van der Waals surface area (Å²) in [6, 6.07) is 18.6. The number of thiophene rings is 1. The molecule has 2 aliphatic carbocycles. The van der Waals surface area contributed by atoms with Crippen LogP contribution < -0.4 is 0 Å². The van der Waals surface area contributed by atoms with Crippen LogP contribution in [0.3, 0.4) is 0 Å². The molecular formula is C51H54S. The van der Waals surface area contributed by atoms with Crippen molar-refractivity contribution in [1.29, 1.82) is 0 Å². The second-order valence-corrected chi connectivity index (χ2v) is 16.2. The molecule has 1 heterocycles. The van der Waals surface area contributed by atoms with Crippen LogP contribution in [0, 0.1) is 26.7 Å². The molecule has 52 heavy (non-hydrogen) atoms. The lowest BCUT2D eigenvalue weighted by atomic mass is 9.74. The van der Waals surface area contributed by atoms with Crippen LogP contribution >= 0.6 is 11.3 Å². The minimum atomic E-state index is 0.491. The van der Waals surface area contributed by atoms with Crippen LogP contribution in [0.25, 0.3) is 59.5 Å². The zero-order valence-electron chi connectivity index (χ0n) is 32.8. The maximum absolute atomic E-state index is 2.59. The van der Waals surface area contributed by atoms with Gasteiger partial charge in [-0.25, -0.2) is 0 Å². The highest BCUT2D eigenvalue weighted by Gasteiger charge is 2.29. The van der Waals surface area contributed by atoms with Crippen molar-refractivity contribution in [3.8, 4) is 11.1 Å². The fourth-order valence-corrected chi connectivity index (χ4v) is 10.3. The first-order valence-electron chi connectivity index (χ1n) is 19.4. The van der Waals surface area contributed by atoms with Gasteiger partial charge in [-0.1, -0.05) is 110 Å². The number of rotatable bonds is 8. The highest BCUT2D eigenvalue weighted by molar-refractivity contribution is 7.20. The van der Waals surface area contributed by atoms with E-state index >= 15 is 0 Å². The Kier molecular flexibility index (Phi) is 10.3. The molecule has 0 fully saturated rings. The van der Waals surface area contributed by atoms with E-state index in [1.54, 1.807) is 0 Å². The number of hydrogen-bond acceptors (Lipinski definition) is 1. The first kappa shape index (κ1) is 35.9. The molecule has 1 unspecified atom stereocenters. The van der Waals surface area contributed by atoms with Crippen molar-refractivity contribution in [2.45, 2.75) is 94.4 Å². The third-order valence-electron chi connectivity index (χ3n) is 11.8. The summed E-state index contributed by atoms with van der Waals surface area (Å²) in [5, 5.41) is 6.88. The van der Waals surface area contributed by atoms with Crippen LogP contribution in [0.5, 0.6) is 0 Å². The molecule has 2 aliphatic rings. The van der Waals surface area contributed by atoms with Crippen LogP contribution in [0.2, 0.25) is 0 Å². The summed E-state index contributed by atoms with van der Waals surface area (Å²) >= 11 is 1.99. The maximum atomic E-state index is 2.59. The zero-order valence-corrected chi connectivity index (χ0v) is 33.6. The molecule has 7 rings (SSSR count). The molecule has 0 nitrogen and oxygen atoms in total. The van der Waals surface area contributed by atoms with Crippen molar-refractivity contribution >= 4 is 59.7 Å². The number of hydrogen-bond donors (Lipinski definition) is 0. The Morgan fingerprint density at radius 1 is 0.788 bits per heavy atom. The molecule has 0 saturated carbocycles. The van der Waals surface area contributed by atoms with Crippen molar-refractivity contribution in [3.05, 3.63) is 147 Å². The van der Waals surface area contributed by atoms with Crippen LogP contribution in [0.1, 0.15) is 106 Å². The van der Waals surface area contributed by atoms with Crippen LogP contribution in [0.4, 0.5) is 0 Å². The quantitative estimate of drug-likeness (QED) is 0.112. The molecule has 0 aliphatic heterocycles. The zero-order chi connectivity index (χ0) is 36.7. The van der Waals surface area contributed by atoms with E-state index in [0.29, 0.717) is 5.92 Å². The molecule has 1 heteroatoms. The Morgan fingerprint density at radius 2 is 1.42 bits per heavy atom. The second kappa shape index (κ2) is 14.9. The average molecular weight is 699 g/mol. The standard InChI is InChI=1S/C51H54S/c1-10-12-13-14-15-22-37-29-38-23-16-17-24-39(38)44(30-37)48-40-25-18-20-27-42(40)49(43-28-21-19-26-41(43)48)46-34(7)35(8)47-45(32(5)11-2)50(33(6)31(3)4)52-51(47)36(46)9/h11-15,17-21,24-29,37H,10,16,22-23,30H2,1-9H3/b13-12-,15-14-,32-11+. The van der Waals surface area contributed by atoms with E-state index in [2.05, 4.69) is 159 Å². The Balaban J connectivity index is 1.53. The second-order valence-electron chi connectivity index (χ2n) is 15.2. The van der Waals surface area contributed by atoms with Gasteiger partial charge in [0.1, 0.15) is 0 Å². The van der Waals surface area contributed by atoms with E-state index in [9.17, 15) is 0 Å². The molecule has 1 aromatic heterocycles. The van der Waals surface area contributed by atoms with Gasteiger partial charge in [-0.3, -0.25) is 0 Å². The van der Waals surface area contributed by atoms with E-state index in [1.807, 2.05) is 11.3 Å². The van der Waals surface area contributed by atoms with Crippen molar-refractivity contribution in [2.24, 2.45) is 5.92 Å². The Labute approximate surface area is 316 Å². The van der Waals surface area contributed by atoms with Crippen LogP contribution in [0.15, 0.2) is 114 Å². The van der Waals surface area contributed by atoms with Gasteiger partial charge < -0.3 is 0 Å². The third-order valence-corrected chi connectivity index (χ3v) is 13.3. The molecule has 0 amide bonds. The SMILES string of the molecule is C/C=C(\C)c1c(C(C)=C(C)C)sc2c(C)c(-c3c4ccccc4c(C4=C5C=CCCC5=CC(C/C=C\C=C/CC)C4)c4ccccc34)c(C)c(C)c12. The minimum absolute atomic E-state index is 0.491. The lowest BCUT2D eigenvalue weighted by molar-refractivity contribution is 0.663. The van der Waals surface area contributed by atoms with E-state index in [4.69, 9.17) is 0 Å². The number of allylic oxidation sites excluding steroid dienone is 14. The van der Waals surface area contributed by atoms with Crippen molar-refractivity contribution in [1.82, 2.24) is 0 Å². The highest BCUT2D eigenvalue weighted by atomic mass is 32.1. The fourth-order valence-electron chi connectivity index (χ4n) is 8.73. The van der Waals surface area contributed by atoms with E-state index in [-0.39, 0.29) is 0 Å². The van der Waals surface area contributed by atoms with E-state index < -0.39 is 0 Å². The summed E-state index contributed by atoms with van der Waals surface area (Å²) in [4.78, 5) is 1.42. The monoisotopic (exact) mass is 698 g/mol. The van der Waals surface area contributed by atoms with Crippen molar-refractivity contribution in [3.63, 3.8) is 0 Å². The summed E-state index contributed by atoms with van der Waals surface area (Å²) in [7, 11) is 0. The van der Waals surface area contributed by atoms with Crippen molar-refractivity contribution < 1.29 is 0 Å². The number of benzene rings is 4. The number of fused-ring (bicyclic) bond motifs is 4. The Hall–Kier alpha value is -4.46. The smallest absolute Gasteiger partial charge is 0.0393 e. The predicted octanol–water partition coefficient (Wildman–Crippen LogP) is 16.0. The summed E-state index contributed by atoms with van der Waals surface area (Å²) < 4.78 is 1.42. The molecule has 0 bridgehead atoms. The van der Waals surface area contributed by atoms with E-state index in [0.717, 1.165) is 32.1 Å².